The number of rotatable bonds is 7. The van der Waals surface area contributed by atoms with Gasteiger partial charge in [-0.1, -0.05) is 19.1 Å². The van der Waals surface area contributed by atoms with Crippen molar-refractivity contribution >= 4 is 0 Å². The van der Waals surface area contributed by atoms with Crippen molar-refractivity contribution < 1.29 is 0 Å². The Morgan fingerprint density at radius 3 is 2.78 bits per heavy atom. The number of aromatic nitrogens is 3. The van der Waals surface area contributed by atoms with Crippen LogP contribution < -0.4 is 5.32 Å². The van der Waals surface area contributed by atoms with Crippen molar-refractivity contribution in [2.75, 3.05) is 6.54 Å². The Kier molecular flexibility index (Phi) is 6.05. The normalized spacial score (nSPS) is 12.4. The summed E-state index contributed by atoms with van der Waals surface area (Å²) in [6.45, 7) is 10.7. The first kappa shape index (κ1) is 14.9. The second-order valence-corrected chi connectivity index (χ2v) is 5.54. The van der Waals surface area contributed by atoms with Crippen molar-refractivity contribution in [3.05, 3.63) is 24.3 Å². The van der Waals surface area contributed by atoms with Gasteiger partial charge in [-0.2, -0.15) is 5.10 Å². The first-order valence-corrected chi connectivity index (χ1v) is 6.79. The molecule has 1 aromatic rings. The SMILES string of the molecule is CCCn1ncnc1CC=CCCNC(C)(C)C. The molecular weight excluding hydrogens is 224 g/mol. The highest BCUT2D eigenvalue weighted by Crippen LogP contribution is 2.00. The largest absolute Gasteiger partial charge is 0.312 e. The summed E-state index contributed by atoms with van der Waals surface area (Å²) in [6, 6.07) is 0. The van der Waals surface area contributed by atoms with Crippen LogP contribution in [0.4, 0.5) is 0 Å². The summed E-state index contributed by atoms with van der Waals surface area (Å²) in [7, 11) is 0. The predicted molar refractivity (Wildman–Crippen MR) is 75.5 cm³/mol. The average molecular weight is 250 g/mol. The monoisotopic (exact) mass is 250 g/mol. The molecule has 0 saturated carbocycles. The number of hydrogen-bond acceptors (Lipinski definition) is 3. The predicted octanol–water partition coefficient (Wildman–Crippen LogP) is 2.57. The molecule has 0 aromatic carbocycles. The van der Waals surface area contributed by atoms with Gasteiger partial charge >= 0.3 is 0 Å². The number of aryl methyl sites for hydroxylation is 1. The van der Waals surface area contributed by atoms with Gasteiger partial charge in [0.1, 0.15) is 12.2 Å². The molecule has 0 aliphatic heterocycles. The van der Waals surface area contributed by atoms with Gasteiger partial charge in [0.15, 0.2) is 0 Å². The minimum Gasteiger partial charge on any atom is -0.312 e. The number of nitrogens with zero attached hydrogens (tertiary/aromatic N) is 3. The Morgan fingerprint density at radius 2 is 2.11 bits per heavy atom. The second kappa shape index (κ2) is 7.31. The van der Waals surface area contributed by atoms with E-state index in [0.717, 1.165) is 38.2 Å². The van der Waals surface area contributed by atoms with Crippen LogP contribution in [0.25, 0.3) is 0 Å². The Hall–Kier alpha value is -1.16. The third-order valence-corrected chi connectivity index (χ3v) is 2.56. The smallest absolute Gasteiger partial charge is 0.138 e. The minimum absolute atomic E-state index is 0.204. The number of hydrogen-bond donors (Lipinski definition) is 1. The van der Waals surface area contributed by atoms with Gasteiger partial charge in [0, 0.05) is 18.5 Å². The lowest BCUT2D eigenvalue weighted by Gasteiger charge is -2.19. The molecule has 1 aromatic heterocycles. The van der Waals surface area contributed by atoms with Crippen molar-refractivity contribution in [1.82, 2.24) is 20.1 Å². The fourth-order valence-electron chi connectivity index (χ4n) is 1.68. The molecule has 0 fully saturated rings. The lowest BCUT2D eigenvalue weighted by molar-refractivity contribution is 0.431. The van der Waals surface area contributed by atoms with Crippen LogP contribution in [0.2, 0.25) is 0 Å². The molecular formula is C14H26N4. The van der Waals surface area contributed by atoms with Gasteiger partial charge in [0.25, 0.3) is 0 Å². The molecule has 0 unspecified atom stereocenters. The van der Waals surface area contributed by atoms with E-state index < -0.39 is 0 Å². The van der Waals surface area contributed by atoms with Crippen LogP contribution in [0.3, 0.4) is 0 Å². The molecule has 0 aliphatic rings. The van der Waals surface area contributed by atoms with Crippen LogP contribution in [0, 0.1) is 0 Å². The van der Waals surface area contributed by atoms with Crippen molar-refractivity contribution in [2.45, 2.75) is 59.0 Å². The van der Waals surface area contributed by atoms with E-state index in [1.54, 1.807) is 6.33 Å². The zero-order valence-corrected chi connectivity index (χ0v) is 12.1. The highest BCUT2D eigenvalue weighted by atomic mass is 15.3. The molecule has 0 amide bonds. The standard InChI is InChI=1S/C14H26N4/c1-5-11-18-13(15-12-17-18)9-7-6-8-10-16-14(2,3)4/h6-7,12,16H,5,8-11H2,1-4H3. The van der Waals surface area contributed by atoms with Crippen molar-refractivity contribution in [3.63, 3.8) is 0 Å². The Balaban J connectivity index is 2.25. The molecule has 4 heteroatoms. The van der Waals surface area contributed by atoms with E-state index in [4.69, 9.17) is 0 Å². The Labute approximate surface area is 110 Å². The van der Waals surface area contributed by atoms with Gasteiger partial charge in [0.05, 0.1) is 0 Å². The lowest BCUT2D eigenvalue weighted by atomic mass is 10.1. The highest BCUT2D eigenvalue weighted by molar-refractivity contribution is 4.96. The maximum absolute atomic E-state index is 4.28. The molecule has 0 bridgehead atoms. The maximum atomic E-state index is 4.28. The summed E-state index contributed by atoms with van der Waals surface area (Å²) < 4.78 is 1.98. The van der Waals surface area contributed by atoms with Crippen LogP contribution in [-0.2, 0) is 13.0 Å². The van der Waals surface area contributed by atoms with E-state index in [0.29, 0.717) is 0 Å². The molecule has 0 saturated heterocycles. The summed E-state index contributed by atoms with van der Waals surface area (Å²) in [5, 5.41) is 7.68. The van der Waals surface area contributed by atoms with Crippen LogP contribution in [0.1, 0.15) is 46.4 Å². The Morgan fingerprint density at radius 1 is 1.33 bits per heavy atom. The zero-order valence-electron chi connectivity index (χ0n) is 12.1. The highest BCUT2D eigenvalue weighted by Gasteiger charge is 2.06. The molecule has 1 heterocycles. The van der Waals surface area contributed by atoms with Crippen molar-refractivity contribution in [3.8, 4) is 0 Å². The molecule has 0 atom stereocenters. The summed E-state index contributed by atoms with van der Waals surface area (Å²) in [5.74, 6) is 1.05. The first-order valence-electron chi connectivity index (χ1n) is 6.79. The van der Waals surface area contributed by atoms with Crippen LogP contribution in [0.15, 0.2) is 18.5 Å². The molecule has 0 radical (unpaired) electrons. The molecule has 1 rings (SSSR count). The summed E-state index contributed by atoms with van der Waals surface area (Å²) in [4.78, 5) is 4.28. The van der Waals surface area contributed by atoms with Gasteiger partial charge in [-0.05, 0) is 40.2 Å². The first-order chi connectivity index (χ1) is 8.53. The van der Waals surface area contributed by atoms with Crippen molar-refractivity contribution in [2.24, 2.45) is 0 Å². The summed E-state index contributed by atoms with van der Waals surface area (Å²) in [5.41, 5.74) is 0.204. The third kappa shape index (κ3) is 5.96. The van der Waals surface area contributed by atoms with Gasteiger partial charge in [0.2, 0.25) is 0 Å². The van der Waals surface area contributed by atoms with Gasteiger partial charge < -0.3 is 5.32 Å². The zero-order chi connectivity index (χ0) is 13.4. The van der Waals surface area contributed by atoms with E-state index >= 15 is 0 Å². The van der Waals surface area contributed by atoms with Gasteiger partial charge in [-0.3, -0.25) is 0 Å². The van der Waals surface area contributed by atoms with Crippen LogP contribution in [0.5, 0.6) is 0 Å². The minimum atomic E-state index is 0.204. The Bertz CT molecular complexity index is 360. The number of allylic oxidation sites excluding steroid dienone is 1. The van der Waals surface area contributed by atoms with Crippen LogP contribution in [-0.4, -0.2) is 26.8 Å². The van der Waals surface area contributed by atoms with E-state index in [1.807, 2.05) is 4.68 Å². The van der Waals surface area contributed by atoms with Gasteiger partial charge in [-0.15, -0.1) is 0 Å². The summed E-state index contributed by atoms with van der Waals surface area (Å²) in [6.07, 6.45) is 9.05. The molecule has 4 nitrogen and oxygen atoms in total. The molecule has 0 aliphatic carbocycles. The number of nitrogens with one attached hydrogen (secondary N) is 1. The van der Waals surface area contributed by atoms with Crippen molar-refractivity contribution in [1.29, 1.82) is 0 Å². The van der Waals surface area contributed by atoms with E-state index in [-0.39, 0.29) is 5.54 Å². The second-order valence-electron chi connectivity index (χ2n) is 5.54. The fourth-order valence-corrected chi connectivity index (χ4v) is 1.68. The van der Waals surface area contributed by atoms with Gasteiger partial charge in [-0.25, -0.2) is 9.67 Å². The lowest BCUT2D eigenvalue weighted by Crippen LogP contribution is -2.36. The fraction of sp³-hybridized carbons (Fsp3) is 0.714. The molecule has 18 heavy (non-hydrogen) atoms. The van der Waals surface area contributed by atoms with Crippen LogP contribution >= 0.6 is 0 Å². The van der Waals surface area contributed by atoms with E-state index in [2.05, 4.69) is 55.2 Å². The average Bonchev–Trinajstić information content (AvgIpc) is 2.70. The maximum Gasteiger partial charge on any atom is 0.138 e. The third-order valence-electron chi connectivity index (χ3n) is 2.56. The molecule has 102 valence electrons. The topological polar surface area (TPSA) is 42.7 Å². The van der Waals surface area contributed by atoms with E-state index in [1.165, 1.54) is 0 Å². The summed E-state index contributed by atoms with van der Waals surface area (Å²) >= 11 is 0. The molecule has 0 spiro atoms. The molecule has 1 N–H and O–H groups in total. The quantitative estimate of drug-likeness (QED) is 0.597. The van der Waals surface area contributed by atoms with E-state index in [9.17, 15) is 0 Å².